The summed E-state index contributed by atoms with van der Waals surface area (Å²) in [6.45, 7) is 6.70. The molecule has 1 aliphatic rings. The molecule has 2 N–H and O–H groups in total. The first kappa shape index (κ1) is 16.5. The van der Waals surface area contributed by atoms with E-state index in [2.05, 4.69) is 18.7 Å². The second-order valence-corrected chi connectivity index (χ2v) is 8.00. The normalized spacial score (nSPS) is 18.4. The number of methoxy groups -OCH3 is 1. The highest BCUT2D eigenvalue weighted by Crippen LogP contribution is 2.45. The van der Waals surface area contributed by atoms with E-state index in [0.29, 0.717) is 16.0 Å². The number of hydrogen-bond donors (Lipinski definition) is 1. The lowest BCUT2D eigenvalue weighted by Crippen LogP contribution is -2.24. The predicted octanol–water partition coefficient (Wildman–Crippen LogP) is 3.86. The summed E-state index contributed by atoms with van der Waals surface area (Å²) in [5, 5.41) is 1.12. The summed E-state index contributed by atoms with van der Waals surface area (Å²) in [5.74, 6) is -0.339. The molecule has 1 fully saturated rings. The molecule has 0 bridgehead atoms. The molecule has 6 heteroatoms. The second kappa shape index (κ2) is 6.48. The fraction of sp³-hybridized carbons (Fsp3) is 0.667. The molecule has 0 atom stereocenters. The number of anilines is 2. The van der Waals surface area contributed by atoms with Crippen molar-refractivity contribution in [1.82, 2.24) is 0 Å². The van der Waals surface area contributed by atoms with Gasteiger partial charge in [-0.25, -0.2) is 4.79 Å². The zero-order chi connectivity index (χ0) is 15.6. The van der Waals surface area contributed by atoms with Crippen LogP contribution >= 0.6 is 23.1 Å². The van der Waals surface area contributed by atoms with Gasteiger partial charge in [0.2, 0.25) is 0 Å². The van der Waals surface area contributed by atoms with Crippen LogP contribution < -0.4 is 10.6 Å². The first-order valence-corrected chi connectivity index (χ1v) is 9.23. The molecular weight excluding hydrogens is 304 g/mol. The van der Waals surface area contributed by atoms with Crippen molar-refractivity contribution in [3.63, 3.8) is 0 Å². The predicted molar refractivity (Wildman–Crippen MR) is 91.7 cm³/mol. The van der Waals surface area contributed by atoms with Gasteiger partial charge in [0.1, 0.15) is 9.88 Å². The number of nitrogens with two attached hydrogens (primary N) is 1. The number of carbonyl (C=O) groups excluding carboxylic acids is 1. The van der Waals surface area contributed by atoms with Crippen LogP contribution in [0, 0.1) is 5.41 Å². The summed E-state index contributed by atoms with van der Waals surface area (Å²) in [7, 11) is 1.40. The first-order valence-electron chi connectivity index (χ1n) is 7.19. The number of nitrogen functional groups attached to an aromatic ring is 1. The summed E-state index contributed by atoms with van der Waals surface area (Å²) < 4.78 is 4.84. The second-order valence-electron chi connectivity index (χ2n) is 6.18. The van der Waals surface area contributed by atoms with Crippen LogP contribution in [-0.2, 0) is 4.74 Å². The molecule has 1 aromatic rings. The molecule has 0 unspecified atom stereocenters. The van der Waals surface area contributed by atoms with Gasteiger partial charge in [0.25, 0.3) is 0 Å². The minimum absolute atomic E-state index is 0.339. The highest BCUT2D eigenvalue weighted by molar-refractivity contribution is 7.99. The molecule has 0 spiro atoms. The van der Waals surface area contributed by atoms with Crippen molar-refractivity contribution < 1.29 is 9.53 Å². The van der Waals surface area contributed by atoms with Gasteiger partial charge in [-0.1, -0.05) is 13.8 Å². The lowest BCUT2D eigenvalue weighted by Gasteiger charge is -2.24. The van der Waals surface area contributed by atoms with Gasteiger partial charge in [-0.3, -0.25) is 0 Å². The van der Waals surface area contributed by atoms with Gasteiger partial charge in [0.15, 0.2) is 0 Å². The Bertz CT molecular complexity index is 526. The topological polar surface area (TPSA) is 55.6 Å². The van der Waals surface area contributed by atoms with Crippen LogP contribution in [0.15, 0.2) is 4.90 Å². The molecule has 2 heterocycles. The van der Waals surface area contributed by atoms with Crippen LogP contribution in [0.1, 0.15) is 42.8 Å². The summed E-state index contributed by atoms with van der Waals surface area (Å²) in [5.41, 5.74) is 7.11. The van der Waals surface area contributed by atoms with Crippen molar-refractivity contribution in [3.8, 4) is 0 Å². The molecule has 0 radical (unpaired) electrons. The van der Waals surface area contributed by atoms with Crippen molar-refractivity contribution in [2.45, 2.75) is 38.0 Å². The van der Waals surface area contributed by atoms with Crippen LogP contribution in [0.3, 0.4) is 0 Å². The third-order valence-corrected chi connectivity index (χ3v) is 6.28. The Kier molecular flexibility index (Phi) is 5.09. The average molecular weight is 329 g/mol. The molecule has 21 heavy (non-hydrogen) atoms. The SMILES string of the molecule is COC(=O)c1sc(N2CCCC(C)(C)CC2)c(SC)c1N. The minimum atomic E-state index is -0.339. The van der Waals surface area contributed by atoms with Crippen molar-refractivity contribution in [2.24, 2.45) is 5.41 Å². The number of nitrogens with zero attached hydrogens (tertiary/aromatic N) is 1. The third-order valence-electron chi connectivity index (χ3n) is 4.08. The first-order chi connectivity index (χ1) is 9.89. The summed E-state index contributed by atoms with van der Waals surface area (Å²) in [4.78, 5) is 15.8. The number of thioether (sulfide) groups is 1. The van der Waals surface area contributed by atoms with Gasteiger partial charge >= 0.3 is 5.97 Å². The van der Waals surface area contributed by atoms with Crippen LogP contribution in [0.25, 0.3) is 0 Å². The molecule has 1 aromatic heterocycles. The lowest BCUT2D eigenvalue weighted by molar-refractivity contribution is 0.0607. The summed E-state index contributed by atoms with van der Waals surface area (Å²) in [6.07, 6.45) is 5.58. The monoisotopic (exact) mass is 328 g/mol. The van der Waals surface area contributed by atoms with Crippen molar-refractivity contribution in [1.29, 1.82) is 0 Å². The zero-order valence-electron chi connectivity index (χ0n) is 13.2. The molecule has 2 rings (SSSR count). The Morgan fingerprint density at radius 3 is 2.71 bits per heavy atom. The number of carbonyl (C=O) groups is 1. The standard InChI is InChI=1S/C15H24N2O2S2/c1-15(2)6-5-8-17(9-7-15)13-11(20-4)10(16)12(21-13)14(18)19-3/h5-9,16H2,1-4H3. The van der Waals surface area contributed by atoms with Gasteiger partial charge in [-0.05, 0) is 30.9 Å². The number of thiophene rings is 1. The number of esters is 1. The van der Waals surface area contributed by atoms with E-state index in [9.17, 15) is 4.79 Å². The van der Waals surface area contributed by atoms with Crippen molar-refractivity contribution in [2.75, 3.05) is 37.1 Å². The zero-order valence-corrected chi connectivity index (χ0v) is 14.8. The van der Waals surface area contributed by atoms with Crippen LogP contribution in [0.2, 0.25) is 0 Å². The summed E-state index contributed by atoms with van der Waals surface area (Å²) >= 11 is 3.07. The Morgan fingerprint density at radius 2 is 2.10 bits per heavy atom. The van der Waals surface area contributed by atoms with E-state index < -0.39 is 0 Å². The Morgan fingerprint density at radius 1 is 1.38 bits per heavy atom. The van der Waals surface area contributed by atoms with Gasteiger partial charge in [0.05, 0.1) is 17.7 Å². The molecule has 0 saturated carbocycles. The van der Waals surface area contributed by atoms with Crippen LogP contribution in [-0.4, -0.2) is 32.4 Å². The number of hydrogen-bond acceptors (Lipinski definition) is 6. The van der Waals surface area contributed by atoms with E-state index in [1.807, 2.05) is 6.26 Å². The molecule has 118 valence electrons. The molecular formula is C15H24N2O2S2. The minimum Gasteiger partial charge on any atom is -0.465 e. The maximum Gasteiger partial charge on any atom is 0.350 e. The lowest BCUT2D eigenvalue weighted by atomic mass is 9.85. The smallest absolute Gasteiger partial charge is 0.350 e. The molecule has 0 amide bonds. The van der Waals surface area contributed by atoms with Crippen LogP contribution in [0.5, 0.6) is 0 Å². The van der Waals surface area contributed by atoms with E-state index in [1.165, 1.54) is 31.3 Å². The van der Waals surface area contributed by atoms with Gasteiger partial charge < -0.3 is 15.4 Å². The Hall–Kier alpha value is -0.880. The molecule has 0 aliphatic carbocycles. The molecule has 1 saturated heterocycles. The Labute approximate surface area is 135 Å². The third kappa shape index (κ3) is 3.48. The average Bonchev–Trinajstić information content (AvgIpc) is 2.66. The quantitative estimate of drug-likeness (QED) is 0.674. The van der Waals surface area contributed by atoms with Crippen molar-refractivity contribution >= 4 is 39.8 Å². The van der Waals surface area contributed by atoms with Gasteiger partial charge in [0, 0.05) is 13.1 Å². The summed E-state index contributed by atoms with van der Waals surface area (Å²) in [6, 6.07) is 0. The molecule has 1 aliphatic heterocycles. The maximum atomic E-state index is 11.8. The van der Waals surface area contributed by atoms with E-state index in [-0.39, 0.29) is 5.97 Å². The van der Waals surface area contributed by atoms with E-state index >= 15 is 0 Å². The Balaban J connectivity index is 2.32. The number of rotatable bonds is 3. The van der Waals surface area contributed by atoms with Crippen molar-refractivity contribution in [3.05, 3.63) is 4.88 Å². The van der Waals surface area contributed by atoms with E-state index in [4.69, 9.17) is 10.5 Å². The molecule has 0 aromatic carbocycles. The highest BCUT2D eigenvalue weighted by Gasteiger charge is 2.28. The largest absolute Gasteiger partial charge is 0.465 e. The highest BCUT2D eigenvalue weighted by atomic mass is 32.2. The molecule has 4 nitrogen and oxygen atoms in total. The maximum absolute atomic E-state index is 11.8. The van der Waals surface area contributed by atoms with Gasteiger partial charge in [-0.2, -0.15) is 0 Å². The fourth-order valence-corrected chi connectivity index (χ4v) is 4.84. The van der Waals surface area contributed by atoms with Crippen LogP contribution in [0.4, 0.5) is 10.7 Å². The van der Waals surface area contributed by atoms with E-state index in [1.54, 1.807) is 11.8 Å². The fourth-order valence-electron chi connectivity index (χ4n) is 2.69. The number of ether oxygens (including phenoxy) is 1. The van der Waals surface area contributed by atoms with Gasteiger partial charge in [-0.15, -0.1) is 23.1 Å². The van der Waals surface area contributed by atoms with E-state index in [0.717, 1.165) is 29.4 Å².